The Kier molecular flexibility index (Phi) is 3.61. The molecule has 1 aromatic rings. The van der Waals surface area contributed by atoms with Crippen LogP contribution in [0, 0.1) is 0 Å². The third-order valence-corrected chi connectivity index (χ3v) is 3.69. The molecule has 1 unspecified atom stereocenters. The van der Waals surface area contributed by atoms with E-state index in [-0.39, 0.29) is 5.91 Å². The molecular weight excluding hydrogens is 232 g/mol. The molecule has 1 fully saturated rings. The number of carbonyl (C=O) groups is 1. The molecule has 1 aliphatic rings. The van der Waals surface area contributed by atoms with Gasteiger partial charge < -0.3 is 10.6 Å². The third kappa shape index (κ3) is 3.19. The lowest BCUT2D eigenvalue weighted by Crippen LogP contribution is -2.45. The molecule has 0 spiro atoms. The fourth-order valence-electron chi connectivity index (χ4n) is 1.60. The highest BCUT2D eigenvalue weighted by Crippen LogP contribution is 2.21. The van der Waals surface area contributed by atoms with Crippen molar-refractivity contribution in [3.63, 3.8) is 0 Å². The van der Waals surface area contributed by atoms with Gasteiger partial charge in [0.15, 0.2) is 0 Å². The van der Waals surface area contributed by atoms with Gasteiger partial charge in [-0.25, -0.2) is 0 Å². The first kappa shape index (κ1) is 10.9. The van der Waals surface area contributed by atoms with E-state index in [1.54, 1.807) is 11.3 Å². The number of piperidine rings is 1. The van der Waals surface area contributed by atoms with Gasteiger partial charge in [0, 0.05) is 30.4 Å². The van der Waals surface area contributed by atoms with Crippen molar-refractivity contribution in [1.29, 1.82) is 0 Å². The summed E-state index contributed by atoms with van der Waals surface area (Å²) in [7, 11) is 0. The number of carbonyl (C=O) groups excluding carboxylic acids is 1. The van der Waals surface area contributed by atoms with Gasteiger partial charge in [0.25, 0.3) is 0 Å². The molecule has 5 heteroatoms. The van der Waals surface area contributed by atoms with Gasteiger partial charge in [-0.05, 0) is 18.6 Å². The van der Waals surface area contributed by atoms with Crippen molar-refractivity contribution in [3.05, 3.63) is 21.3 Å². The Morgan fingerprint density at radius 1 is 1.60 bits per heavy atom. The van der Waals surface area contributed by atoms with E-state index >= 15 is 0 Å². The largest absolute Gasteiger partial charge is 0.355 e. The molecular formula is C10H13ClN2OS. The maximum Gasteiger partial charge on any atom is 0.220 e. The minimum absolute atomic E-state index is 0.159. The number of nitrogens with one attached hydrogen (secondary N) is 2. The van der Waals surface area contributed by atoms with Crippen molar-refractivity contribution in [1.82, 2.24) is 10.6 Å². The van der Waals surface area contributed by atoms with Gasteiger partial charge in [0.2, 0.25) is 5.91 Å². The molecule has 1 saturated heterocycles. The van der Waals surface area contributed by atoms with Crippen LogP contribution in [0.15, 0.2) is 12.1 Å². The summed E-state index contributed by atoms with van der Waals surface area (Å²) in [6.45, 7) is 1.57. The van der Waals surface area contributed by atoms with Gasteiger partial charge in [-0.2, -0.15) is 0 Å². The minimum atomic E-state index is 0.159. The summed E-state index contributed by atoms with van der Waals surface area (Å²) in [6.07, 6.45) is 1.55. The fraction of sp³-hybridized carbons (Fsp3) is 0.500. The molecule has 1 aromatic heterocycles. The Labute approximate surface area is 97.8 Å². The van der Waals surface area contributed by atoms with Gasteiger partial charge in [-0.1, -0.05) is 11.6 Å². The van der Waals surface area contributed by atoms with Crippen molar-refractivity contribution in [2.75, 3.05) is 6.54 Å². The van der Waals surface area contributed by atoms with Crippen LogP contribution >= 0.6 is 22.9 Å². The summed E-state index contributed by atoms with van der Waals surface area (Å²) < 4.78 is 0.823. The lowest BCUT2D eigenvalue weighted by molar-refractivity contribution is -0.122. The molecule has 0 bridgehead atoms. The second-order valence-corrected chi connectivity index (χ2v) is 5.43. The number of amides is 1. The van der Waals surface area contributed by atoms with Crippen LogP contribution in [0.1, 0.15) is 17.7 Å². The van der Waals surface area contributed by atoms with Crippen molar-refractivity contribution in [3.8, 4) is 0 Å². The Balaban J connectivity index is 1.76. The average Bonchev–Trinajstić information content (AvgIpc) is 2.64. The predicted molar refractivity (Wildman–Crippen MR) is 62.2 cm³/mol. The highest BCUT2D eigenvalue weighted by Gasteiger charge is 2.17. The summed E-state index contributed by atoms with van der Waals surface area (Å²) in [5.41, 5.74) is 0. The molecule has 0 aromatic carbocycles. The van der Waals surface area contributed by atoms with E-state index in [1.807, 2.05) is 12.1 Å². The molecule has 82 valence electrons. The van der Waals surface area contributed by atoms with Gasteiger partial charge in [-0.3, -0.25) is 4.79 Å². The maximum absolute atomic E-state index is 10.9. The zero-order valence-corrected chi connectivity index (χ0v) is 9.83. The van der Waals surface area contributed by atoms with Gasteiger partial charge >= 0.3 is 0 Å². The van der Waals surface area contributed by atoms with Crippen molar-refractivity contribution in [2.45, 2.75) is 25.4 Å². The topological polar surface area (TPSA) is 41.1 Å². The van der Waals surface area contributed by atoms with E-state index in [9.17, 15) is 4.79 Å². The molecule has 1 atom stereocenters. The van der Waals surface area contributed by atoms with Gasteiger partial charge in [-0.15, -0.1) is 11.3 Å². The van der Waals surface area contributed by atoms with Crippen LogP contribution in [0.2, 0.25) is 4.34 Å². The lowest BCUT2D eigenvalue weighted by Gasteiger charge is -2.23. The van der Waals surface area contributed by atoms with E-state index in [0.29, 0.717) is 12.5 Å². The lowest BCUT2D eigenvalue weighted by atomic mass is 10.1. The smallest absolute Gasteiger partial charge is 0.220 e. The second kappa shape index (κ2) is 4.96. The van der Waals surface area contributed by atoms with Crippen LogP contribution in [0.25, 0.3) is 0 Å². The molecule has 3 nitrogen and oxygen atoms in total. The summed E-state index contributed by atoms with van der Waals surface area (Å²) in [4.78, 5) is 12.2. The number of halogens is 1. The number of rotatable bonds is 3. The van der Waals surface area contributed by atoms with E-state index in [2.05, 4.69) is 10.6 Å². The van der Waals surface area contributed by atoms with Crippen LogP contribution in [0.5, 0.6) is 0 Å². The first-order valence-corrected chi connectivity index (χ1v) is 6.18. The molecule has 15 heavy (non-hydrogen) atoms. The van der Waals surface area contributed by atoms with E-state index in [0.717, 1.165) is 23.8 Å². The Morgan fingerprint density at radius 2 is 2.47 bits per heavy atom. The highest BCUT2D eigenvalue weighted by molar-refractivity contribution is 7.16. The summed E-state index contributed by atoms with van der Waals surface area (Å²) in [5, 5.41) is 6.26. The van der Waals surface area contributed by atoms with Crippen LogP contribution in [0.4, 0.5) is 0 Å². The normalized spacial score (nSPS) is 21.4. The van der Waals surface area contributed by atoms with Crippen molar-refractivity contribution < 1.29 is 4.79 Å². The zero-order chi connectivity index (χ0) is 10.7. The molecule has 1 aliphatic heterocycles. The summed E-state index contributed by atoms with van der Waals surface area (Å²) in [5.74, 6) is 0.159. The van der Waals surface area contributed by atoms with Crippen LogP contribution in [-0.4, -0.2) is 18.5 Å². The average molecular weight is 245 g/mol. The molecule has 0 aliphatic carbocycles. The molecule has 2 heterocycles. The SMILES string of the molecule is O=C1CCC(NCc2ccc(Cl)s2)CN1. The Hall–Kier alpha value is -0.580. The second-order valence-electron chi connectivity index (χ2n) is 3.63. The first-order chi connectivity index (χ1) is 7.24. The Morgan fingerprint density at radius 3 is 3.07 bits per heavy atom. The molecule has 2 rings (SSSR count). The maximum atomic E-state index is 10.9. The van der Waals surface area contributed by atoms with Crippen molar-refractivity contribution in [2.24, 2.45) is 0 Å². The highest BCUT2D eigenvalue weighted by atomic mass is 35.5. The fourth-order valence-corrected chi connectivity index (χ4v) is 2.64. The van der Waals surface area contributed by atoms with Gasteiger partial charge in [0.1, 0.15) is 0 Å². The van der Waals surface area contributed by atoms with Crippen LogP contribution in [-0.2, 0) is 11.3 Å². The quantitative estimate of drug-likeness (QED) is 0.851. The minimum Gasteiger partial charge on any atom is -0.355 e. The first-order valence-electron chi connectivity index (χ1n) is 4.98. The molecule has 0 saturated carbocycles. The number of hydrogen-bond acceptors (Lipinski definition) is 3. The predicted octanol–water partition coefficient (Wildman–Crippen LogP) is 1.77. The van der Waals surface area contributed by atoms with Crippen LogP contribution in [0.3, 0.4) is 0 Å². The van der Waals surface area contributed by atoms with E-state index in [4.69, 9.17) is 11.6 Å². The Bertz CT molecular complexity index is 343. The zero-order valence-electron chi connectivity index (χ0n) is 8.25. The summed E-state index contributed by atoms with van der Waals surface area (Å²) in [6, 6.07) is 4.33. The van der Waals surface area contributed by atoms with E-state index in [1.165, 1.54) is 4.88 Å². The summed E-state index contributed by atoms with van der Waals surface area (Å²) >= 11 is 7.43. The van der Waals surface area contributed by atoms with E-state index < -0.39 is 0 Å². The van der Waals surface area contributed by atoms with Crippen LogP contribution < -0.4 is 10.6 Å². The molecule has 2 N–H and O–H groups in total. The number of hydrogen-bond donors (Lipinski definition) is 2. The molecule has 1 amide bonds. The third-order valence-electron chi connectivity index (χ3n) is 2.46. The van der Waals surface area contributed by atoms with Gasteiger partial charge in [0.05, 0.1) is 4.34 Å². The standard InChI is InChI=1S/C10H13ClN2OS/c11-9-3-2-8(15-9)6-12-7-1-4-10(14)13-5-7/h2-3,7,12H,1,4-6H2,(H,13,14). The van der Waals surface area contributed by atoms with Crippen molar-refractivity contribution >= 4 is 28.8 Å². The number of thiophene rings is 1. The monoisotopic (exact) mass is 244 g/mol. The molecule has 0 radical (unpaired) electrons.